The highest BCUT2D eigenvalue weighted by molar-refractivity contribution is 5.23. The van der Waals surface area contributed by atoms with E-state index in [1.165, 1.54) is 0 Å². The molecule has 0 spiro atoms. The SMILES string of the molecule is Cc1nc(OC2CCC(C(F)(F)F)CC2)nc(C)c1C. The van der Waals surface area contributed by atoms with Crippen LogP contribution in [-0.2, 0) is 0 Å². The van der Waals surface area contributed by atoms with E-state index in [-0.39, 0.29) is 25.0 Å². The van der Waals surface area contributed by atoms with Gasteiger partial charge in [-0.1, -0.05) is 0 Å². The zero-order valence-electron chi connectivity index (χ0n) is 11.9. The predicted octanol–water partition coefficient (Wildman–Crippen LogP) is 3.90. The Kier molecular flexibility index (Phi) is 4.20. The number of ether oxygens (including phenoxy) is 1. The number of halogens is 3. The van der Waals surface area contributed by atoms with E-state index in [4.69, 9.17) is 4.74 Å². The molecule has 2 rings (SSSR count). The van der Waals surface area contributed by atoms with Crippen LogP contribution in [0.3, 0.4) is 0 Å². The van der Waals surface area contributed by atoms with Crippen molar-refractivity contribution in [2.24, 2.45) is 5.92 Å². The van der Waals surface area contributed by atoms with E-state index < -0.39 is 12.1 Å². The van der Waals surface area contributed by atoms with Gasteiger partial charge in [-0.05, 0) is 52.0 Å². The highest BCUT2D eigenvalue weighted by Crippen LogP contribution is 2.38. The normalized spacial score (nSPS) is 23.7. The summed E-state index contributed by atoms with van der Waals surface area (Å²) in [6, 6.07) is 0.279. The van der Waals surface area contributed by atoms with Crippen molar-refractivity contribution in [3.8, 4) is 6.01 Å². The number of aromatic nitrogens is 2. The molecule has 0 unspecified atom stereocenters. The van der Waals surface area contributed by atoms with E-state index >= 15 is 0 Å². The van der Waals surface area contributed by atoms with Crippen LogP contribution < -0.4 is 4.74 Å². The lowest BCUT2D eigenvalue weighted by molar-refractivity contribution is -0.185. The van der Waals surface area contributed by atoms with Crippen molar-refractivity contribution in [3.05, 3.63) is 17.0 Å². The average molecular weight is 288 g/mol. The van der Waals surface area contributed by atoms with Gasteiger partial charge < -0.3 is 4.74 Å². The van der Waals surface area contributed by atoms with Crippen LogP contribution in [0.1, 0.15) is 42.6 Å². The molecule has 1 heterocycles. The minimum absolute atomic E-state index is 0.123. The lowest BCUT2D eigenvalue weighted by Crippen LogP contribution is -2.32. The van der Waals surface area contributed by atoms with Crippen molar-refractivity contribution < 1.29 is 17.9 Å². The topological polar surface area (TPSA) is 35.0 Å². The van der Waals surface area contributed by atoms with Crippen LogP contribution in [0, 0.1) is 26.7 Å². The van der Waals surface area contributed by atoms with Crippen LogP contribution in [0.15, 0.2) is 0 Å². The van der Waals surface area contributed by atoms with Crippen LogP contribution in [-0.4, -0.2) is 22.2 Å². The van der Waals surface area contributed by atoms with E-state index in [9.17, 15) is 13.2 Å². The Morgan fingerprint density at radius 2 is 1.45 bits per heavy atom. The smallest absolute Gasteiger partial charge is 0.391 e. The van der Waals surface area contributed by atoms with Crippen LogP contribution in [0.2, 0.25) is 0 Å². The van der Waals surface area contributed by atoms with E-state index in [0.29, 0.717) is 12.8 Å². The van der Waals surface area contributed by atoms with Crippen molar-refractivity contribution in [2.75, 3.05) is 0 Å². The molecule has 0 amide bonds. The third kappa shape index (κ3) is 3.41. The summed E-state index contributed by atoms with van der Waals surface area (Å²) in [5.41, 5.74) is 2.70. The van der Waals surface area contributed by atoms with Gasteiger partial charge in [-0.2, -0.15) is 13.2 Å². The first-order valence-corrected chi connectivity index (χ1v) is 6.82. The first-order chi connectivity index (χ1) is 9.27. The molecule has 0 aliphatic heterocycles. The summed E-state index contributed by atoms with van der Waals surface area (Å²) >= 11 is 0. The lowest BCUT2D eigenvalue weighted by atomic mass is 9.87. The fraction of sp³-hybridized carbons (Fsp3) is 0.714. The molecular weight excluding hydrogens is 269 g/mol. The number of alkyl halides is 3. The zero-order chi connectivity index (χ0) is 14.9. The minimum atomic E-state index is -4.08. The average Bonchev–Trinajstić information content (AvgIpc) is 2.35. The Labute approximate surface area is 116 Å². The highest BCUT2D eigenvalue weighted by Gasteiger charge is 2.41. The molecular formula is C14H19F3N2O. The molecule has 1 aliphatic carbocycles. The predicted molar refractivity (Wildman–Crippen MR) is 68.7 cm³/mol. The maximum atomic E-state index is 12.6. The molecule has 1 aromatic heterocycles. The Hall–Kier alpha value is -1.33. The van der Waals surface area contributed by atoms with Gasteiger partial charge in [-0.3, -0.25) is 0 Å². The monoisotopic (exact) mass is 288 g/mol. The van der Waals surface area contributed by atoms with Crippen molar-refractivity contribution in [1.82, 2.24) is 9.97 Å². The molecule has 20 heavy (non-hydrogen) atoms. The van der Waals surface area contributed by atoms with Crippen LogP contribution >= 0.6 is 0 Å². The molecule has 0 atom stereocenters. The minimum Gasteiger partial charge on any atom is -0.460 e. The summed E-state index contributed by atoms with van der Waals surface area (Å²) in [5, 5.41) is 0. The Morgan fingerprint density at radius 3 is 1.90 bits per heavy atom. The van der Waals surface area contributed by atoms with E-state index in [1.54, 1.807) is 0 Å². The first-order valence-electron chi connectivity index (χ1n) is 6.82. The molecule has 1 aliphatic rings. The highest BCUT2D eigenvalue weighted by atomic mass is 19.4. The molecule has 0 bridgehead atoms. The van der Waals surface area contributed by atoms with Gasteiger partial charge in [-0.15, -0.1) is 0 Å². The third-order valence-electron chi connectivity index (χ3n) is 4.02. The summed E-state index contributed by atoms with van der Waals surface area (Å²) in [6.45, 7) is 5.68. The van der Waals surface area contributed by atoms with Gasteiger partial charge in [0.05, 0.1) is 5.92 Å². The number of hydrogen-bond acceptors (Lipinski definition) is 3. The van der Waals surface area contributed by atoms with Crippen LogP contribution in [0.25, 0.3) is 0 Å². The fourth-order valence-electron chi connectivity index (χ4n) is 2.45. The van der Waals surface area contributed by atoms with Gasteiger partial charge in [0, 0.05) is 11.4 Å². The Morgan fingerprint density at radius 1 is 0.950 bits per heavy atom. The third-order valence-corrected chi connectivity index (χ3v) is 4.02. The molecule has 0 aromatic carbocycles. The van der Waals surface area contributed by atoms with Gasteiger partial charge in [0.1, 0.15) is 6.10 Å². The van der Waals surface area contributed by atoms with Gasteiger partial charge in [0.25, 0.3) is 0 Å². The van der Waals surface area contributed by atoms with Crippen molar-refractivity contribution in [2.45, 2.75) is 58.7 Å². The molecule has 6 heteroatoms. The zero-order valence-corrected chi connectivity index (χ0v) is 11.9. The molecule has 1 fully saturated rings. The van der Waals surface area contributed by atoms with E-state index in [2.05, 4.69) is 9.97 Å². The maximum Gasteiger partial charge on any atom is 0.391 e. The molecule has 1 aromatic rings. The van der Waals surface area contributed by atoms with E-state index in [0.717, 1.165) is 17.0 Å². The van der Waals surface area contributed by atoms with Crippen LogP contribution in [0.4, 0.5) is 13.2 Å². The van der Waals surface area contributed by atoms with Gasteiger partial charge in [-0.25, -0.2) is 9.97 Å². The van der Waals surface area contributed by atoms with Crippen LogP contribution in [0.5, 0.6) is 6.01 Å². The van der Waals surface area contributed by atoms with Gasteiger partial charge in [0.15, 0.2) is 0 Å². The summed E-state index contributed by atoms with van der Waals surface area (Å²) in [7, 11) is 0. The molecule has 0 N–H and O–H groups in total. The number of nitrogens with zero attached hydrogens (tertiary/aromatic N) is 2. The number of aryl methyl sites for hydroxylation is 2. The lowest BCUT2D eigenvalue weighted by Gasteiger charge is -2.29. The standard InChI is InChI=1S/C14H19F3N2O/c1-8-9(2)18-13(19-10(8)3)20-12-6-4-11(5-7-12)14(15,16)17/h11-12H,4-7H2,1-3H3. The molecule has 112 valence electrons. The molecule has 3 nitrogen and oxygen atoms in total. The van der Waals surface area contributed by atoms with Gasteiger partial charge >= 0.3 is 12.2 Å². The summed E-state index contributed by atoms with van der Waals surface area (Å²) < 4.78 is 43.4. The summed E-state index contributed by atoms with van der Waals surface area (Å²) in [4.78, 5) is 8.48. The largest absolute Gasteiger partial charge is 0.460 e. The second-order valence-electron chi connectivity index (χ2n) is 5.44. The fourth-order valence-corrected chi connectivity index (χ4v) is 2.45. The Bertz CT molecular complexity index is 457. The number of rotatable bonds is 2. The second-order valence-corrected chi connectivity index (χ2v) is 5.44. The second kappa shape index (κ2) is 5.58. The van der Waals surface area contributed by atoms with Crippen molar-refractivity contribution in [1.29, 1.82) is 0 Å². The van der Waals surface area contributed by atoms with Crippen molar-refractivity contribution in [3.63, 3.8) is 0 Å². The number of hydrogen-bond donors (Lipinski definition) is 0. The van der Waals surface area contributed by atoms with Gasteiger partial charge in [0.2, 0.25) is 0 Å². The summed E-state index contributed by atoms with van der Waals surface area (Å²) in [6.07, 6.45) is -3.25. The molecule has 1 saturated carbocycles. The maximum absolute atomic E-state index is 12.6. The Balaban J connectivity index is 1.96. The van der Waals surface area contributed by atoms with Crippen molar-refractivity contribution >= 4 is 0 Å². The summed E-state index contributed by atoms with van der Waals surface area (Å²) in [5.74, 6) is -1.19. The quantitative estimate of drug-likeness (QED) is 0.827. The molecule has 0 saturated heterocycles. The first kappa shape index (κ1) is 15.1. The molecule has 0 radical (unpaired) electrons. The van der Waals surface area contributed by atoms with E-state index in [1.807, 2.05) is 20.8 Å².